The third-order valence-electron chi connectivity index (χ3n) is 3.75. The molecule has 1 unspecified atom stereocenters. The van der Waals surface area contributed by atoms with Crippen LogP contribution >= 0.6 is 0 Å². The Hall–Kier alpha value is -1.61. The molecule has 0 saturated heterocycles. The van der Waals surface area contributed by atoms with Gasteiger partial charge in [0.2, 0.25) is 0 Å². The first kappa shape index (κ1) is 14.8. The fraction of sp³-hybridized carbons (Fsp3) is 0.471. The van der Waals surface area contributed by atoms with Crippen LogP contribution in [0.3, 0.4) is 0 Å². The standard InChI is InChI=1S/C17H25N3/c1-5-20-11-10-19-16(20)12-15(18)13-6-8-14(9-7-13)17(2,3)4/h6-11,15H,5,12,18H2,1-4H3. The van der Waals surface area contributed by atoms with Crippen LogP contribution in [0.5, 0.6) is 0 Å². The Morgan fingerprint density at radius 2 is 1.85 bits per heavy atom. The normalized spacial score (nSPS) is 13.4. The summed E-state index contributed by atoms with van der Waals surface area (Å²) in [6.07, 6.45) is 4.62. The van der Waals surface area contributed by atoms with Crippen LogP contribution in [0.1, 0.15) is 50.7 Å². The van der Waals surface area contributed by atoms with Gasteiger partial charge in [-0.3, -0.25) is 0 Å². The first-order valence-electron chi connectivity index (χ1n) is 7.28. The van der Waals surface area contributed by atoms with E-state index in [0.29, 0.717) is 0 Å². The second kappa shape index (κ2) is 5.80. The number of benzene rings is 1. The van der Waals surface area contributed by atoms with Gasteiger partial charge in [0, 0.05) is 31.4 Å². The fourth-order valence-electron chi connectivity index (χ4n) is 2.36. The Morgan fingerprint density at radius 3 is 2.40 bits per heavy atom. The van der Waals surface area contributed by atoms with Crippen molar-refractivity contribution in [1.29, 1.82) is 0 Å². The minimum atomic E-state index is -0.00304. The van der Waals surface area contributed by atoms with E-state index in [1.165, 1.54) is 11.1 Å². The molecular weight excluding hydrogens is 246 g/mol. The second-order valence-electron chi connectivity index (χ2n) is 6.31. The maximum absolute atomic E-state index is 6.32. The van der Waals surface area contributed by atoms with Crippen molar-refractivity contribution in [1.82, 2.24) is 9.55 Å². The summed E-state index contributed by atoms with van der Waals surface area (Å²) < 4.78 is 2.14. The van der Waals surface area contributed by atoms with E-state index < -0.39 is 0 Å². The van der Waals surface area contributed by atoms with Gasteiger partial charge < -0.3 is 10.3 Å². The molecule has 1 heterocycles. The van der Waals surface area contributed by atoms with Crippen molar-refractivity contribution in [2.75, 3.05) is 0 Å². The van der Waals surface area contributed by atoms with Gasteiger partial charge >= 0.3 is 0 Å². The lowest BCUT2D eigenvalue weighted by molar-refractivity contribution is 0.588. The molecule has 0 bridgehead atoms. The zero-order valence-electron chi connectivity index (χ0n) is 12.9. The summed E-state index contributed by atoms with van der Waals surface area (Å²) in [5.41, 5.74) is 9.00. The molecule has 2 aromatic rings. The minimum absolute atomic E-state index is 0.00304. The number of imidazole rings is 1. The monoisotopic (exact) mass is 271 g/mol. The van der Waals surface area contributed by atoms with Crippen LogP contribution < -0.4 is 5.73 Å². The fourth-order valence-corrected chi connectivity index (χ4v) is 2.36. The summed E-state index contributed by atoms with van der Waals surface area (Å²) in [5.74, 6) is 1.06. The molecule has 2 rings (SSSR count). The molecule has 0 aliphatic carbocycles. The summed E-state index contributed by atoms with van der Waals surface area (Å²) >= 11 is 0. The highest BCUT2D eigenvalue weighted by Crippen LogP contribution is 2.24. The zero-order chi connectivity index (χ0) is 14.8. The Kier molecular flexibility index (Phi) is 4.29. The van der Waals surface area contributed by atoms with Gasteiger partial charge in [0.15, 0.2) is 0 Å². The van der Waals surface area contributed by atoms with E-state index in [1.54, 1.807) is 0 Å². The molecule has 20 heavy (non-hydrogen) atoms. The number of nitrogens with zero attached hydrogens (tertiary/aromatic N) is 2. The van der Waals surface area contributed by atoms with Crippen LogP contribution in [-0.4, -0.2) is 9.55 Å². The maximum atomic E-state index is 6.32. The Bertz CT molecular complexity index is 546. The van der Waals surface area contributed by atoms with Crippen LogP contribution in [0.15, 0.2) is 36.7 Å². The quantitative estimate of drug-likeness (QED) is 0.925. The Labute approximate surface area is 121 Å². The lowest BCUT2D eigenvalue weighted by atomic mass is 9.86. The van der Waals surface area contributed by atoms with Gasteiger partial charge in [-0.2, -0.15) is 0 Å². The predicted octanol–water partition coefficient (Wildman–Crippen LogP) is 3.44. The molecule has 3 nitrogen and oxygen atoms in total. The van der Waals surface area contributed by atoms with Crippen molar-refractivity contribution in [2.45, 2.75) is 52.1 Å². The van der Waals surface area contributed by atoms with E-state index in [-0.39, 0.29) is 11.5 Å². The van der Waals surface area contributed by atoms with Crippen molar-refractivity contribution in [3.05, 3.63) is 53.6 Å². The molecule has 0 aliphatic rings. The lowest BCUT2D eigenvalue weighted by Gasteiger charge is -2.20. The molecule has 0 aliphatic heterocycles. The number of hydrogen-bond acceptors (Lipinski definition) is 2. The molecule has 1 atom stereocenters. The average Bonchev–Trinajstić information content (AvgIpc) is 2.85. The number of rotatable bonds is 4. The van der Waals surface area contributed by atoms with Gasteiger partial charge in [-0.1, -0.05) is 45.0 Å². The molecule has 1 aromatic heterocycles. The molecule has 0 spiro atoms. The Morgan fingerprint density at radius 1 is 1.20 bits per heavy atom. The molecular formula is C17H25N3. The summed E-state index contributed by atoms with van der Waals surface area (Å²) in [6.45, 7) is 9.72. The molecule has 0 amide bonds. The smallest absolute Gasteiger partial charge is 0.110 e. The molecule has 0 fully saturated rings. The van der Waals surface area contributed by atoms with Crippen molar-refractivity contribution >= 4 is 0 Å². The van der Waals surface area contributed by atoms with E-state index >= 15 is 0 Å². The molecule has 2 N–H and O–H groups in total. The molecule has 0 saturated carbocycles. The van der Waals surface area contributed by atoms with Crippen molar-refractivity contribution in [3.63, 3.8) is 0 Å². The first-order chi connectivity index (χ1) is 9.41. The van der Waals surface area contributed by atoms with Crippen molar-refractivity contribution < 1.29 is 0 Å². The highest BCUT2D eigenvalue weighted by atomic mass is 15.1. The zero-order valence-corrected chi connectivity index (χ0v) is 12.9. The van der Waals surface area contributed by atoms with E-state index in [4.69, 9.17) is 5.73 Å². The molecule has 108 valence electrons. The van der Waals surface area contributed by atoms with Gasteiger partial charge in [-0.05, 0) is 23.5 Å². The largest absolute Gasteiger partial charge is 0.335 e. The van der Waals surface area contributed by atoms with Crippen LogP contribution in [-0.2, 0) is 18.4 Å². The SMILES string of the molecule is CCn1ccnc1CC(N)c1ccc(C(C)(C)C)cc1. The van der Waals surface area contributed by atoms with Gasteiger partial charge in [-0.25, -0.2) is 4.98 Å². The summed E-state index contributed by atoms with van der Waals surface area (Å²) in [5, 5.41) is 0. The van der Waals surface area contributed by atoms with E-state index in [1.807, 2.05) is 12.4 Å². The highest BCUT2D eigenvalue weighted by Gasteiger charge is 2.15. The van der Waals surface area contributed by atoms with Crippen LogP contribution in [0.25, 0.3) is 0 Å². The molecule has 0 radical (unpaired) electrons. The lowest BCUT2D eigenvalue weighted by Crippen LogP contribution is -2.17. The number of aromatic nitrogens is 2. The van der Waals surface area contributed by atoms with Gasteiger partial charge in [0.25, 0.3) is 0 Å². The van der Waals surface area contributed by atoms with E-state index in [0.717, 1.165) is 18.8 Å². The summed E-state index contributed by atoms with van der Waals surface area (Å²) in [6, 6.07) is 8.65. The Balaban J connectivity index is 2.12. The average molecular weight is 271 g/mol. The van der Waals surface area contributed by atoms with Crippen molar-refractivity contribution in [3.8, 4) is 0 Å². The third kappa shape index (κ3) is 3.28. The summed E-state index contributed by atoms with van der Waals surface area (Å²) in [7, 11) is 0. The van der Waals surface area contributed by atoms with Crippen molar-refractivity contribution in [2.24, 2.45) is 5.73 Å². The molecule has 1 aromatic carbocycles. The number of aryl methyl sites for hydroxylation is 1. The van der Waals surface area contributed by atoms with Gasteiger partial charge in [0.1, 0.15) is 5.82 Å². The third-order valence-corrected chi connectivity index (χ3v) is 3.75. The van der Waals surface area contributed by atoms with Gasteiger partial charge in [-0.15, -0.1) is 0 Å². The molecule has 3 heteroatoms. The van der Waals surface area contributed by atoms with Gasteiger partial charge in [0.05, 0.1) is 0 Å². The van der Waals surface area contributed by atoms with Crippen LogP contribution in [0.2, 0.25) is 0 Å². The minimum Gasteiger partial charge on any atom is -0.335 e. The number of hydrogen-bond donors (Lipinski definition) is 1. The second-order valence-corrected chi connectivity index (χ2v) is 6.31. The maximum Gasteiger partial charge on any atom is 0.110 e. The number of nitrogens with two attached hydrogens (primary N) is 1. The predicted molar refractivity (Wildman–Crippen MR) is 83.7 cm³/mol. The summed E-state index contributed by atoms with van der Waals surface area (Å²) in [4.78, 5) is 4.39. The van der Waals surface area contributed by atoms with Crippen LogP contribution in [0, 0.1) is 0 Å². The first-order valence-corrected chi connectivity index (χ1v) is 7.28. The highest BCUT2D eigenvalue weighted by molar-refractivity contribution is 5.29. The van der Waals surface area contributed by atoms with E-state index in [2.05, 4.69) is 61.5 Å². The van der Waals surface area contributed by atoms with Crippen LogP contribution in [0.4, 0.5) is 0 Å². The topological polar surface area (TPSA) is 43.8 Å². The van der Waals surface area contributed by atoms with E-state index in [9.17, 15) is 0 Å².